The molecule has 22 heavy (non-hydrogen) atoms. The molecule has 0 bridgehead atoms. The number of alkyl halides is 1. The molecule has 0 heterocycles. The molecule has 6 atom stereocenters. The van der Waals surface area contributed by atoms with E-state index in [2.05, 4.69) is 54.2 Å². The van der Waals surface area contributed by atoms with Gasteiger partial charge in [0.1, 0.15) is 0 Å². The summed E-state index contributed by atoms with van der Waals surface area (Å²) in [5, 5.41) is 0.383. The summed E-state index contributed by atoms with van der Waals surface area (Å²) in [6.07, 6.45) is 8.86. The molecule has 0 saturated heterocycles. The first-order chi connectivity index (χ1) is 10.1. The van der Waals surface area contributed by atoms with Crippen LogP contribution in [0.1, 0.15) is 73.6 Å². The Balaban J connectivity index is 2.07. The largest absolute Gasteiger partial charge is 0.123 e. The van der Waals surface area contributed by atoms with Crippen molar-refractivity contribution in [2.24, 2.45) is 40.4 Å². The summed E-state index contributed by atoms with van der Waals surface area (Å²) in [6.45, 7) is 18.4. The molecule has 2 fully saturated rings. The van der Waals surface area contributed by atoms with Crippen molar-refractivity contribution in [3.8, 4) is 0 Å². The van der Waals surface area contributed by atoms with Gasteiger partial charge in [0.15, 0.2) is 0 Å². The average Bonchev–Trinajstić information content (AvgIpc) is 2.81. The maximum Gasteiger partial charge on any atom is 0.0369 e. The first-order valence-electron chi connectivity index (χ1n) is 9.34. The highest BCUT2D eigenvalue weighted by atomic mass is 35.5. The van der Waals surface area contributed by atoms with Crippen molar-refractivity contribution in [1.82, 2.24) is 0 Å². The van der Waals surface area contributed by atoms with E-state index < -0.39 is 0 Å². The highest BCUT2D eigenvalue weighted by Crippen LogP contribution is 2.53. The van der Waals surface area contributed by atoms with Crippen molar-refractivity contribution in [2.45, 2.75) is 79.0 Å². The van der Waals surface area contributed by atoms with Gasteiger partial charge >= 0.3 is 0 Å². The Morgan fingerprint density at radius 1 is 1.00 bits per heavy atom. The highest BCUT2D eigenvalue weighted by Gasteiger charge is 2.45. The molecule has 0 aromatic carbocycles. The Morgan fingerprint density at radius 2 is 1.64 bits per heavy atom. The Labute approximate surface area is 144 Å². The minimum absolute atomic E-state index is 0.288. The third-order valence-electron chi connectivity index (χ3n) is 7.05. The SMILES string of the molecule is C=CC(C)(C)C1CC(C)C(C2CCC(Cl)C(C(C)(C)C)C2)C1. The summed E-state index contributed by atoms with van der Waals surface area (Å²) < 4.78 is 0. The molecular formula is C21H37Cl. The summed E-state index contributed by atoms with van der Waals surface area (Å²) >= 11 is 6.69. The maximum absolute atomic E-state index is 6.69. The predicted octanol–water partition coefficient (Wildman–Crippen LogP) is 6.93. The first-order valence-corrected chi connectivity index (χ1v) is 9.77. The zero-order valence-corrected chi connectivity index (χ0v) is 16.4. The lowest BCUT2D eigenvalue weighted by molar-refractivity contribution is 0.102. The van der Waals surface area contributed by atoms with Gasteiger partial charge in [-0.2, -0.15) is 0 Å². The molecule has 0 aromatic rings. The number of hydrogen-bond acceptors (Lipinski definition) is 0. The fourth-order valence-electron chi connectivity index (χ4n) is 5.16. The summed E-state index contributed by atoms with van der Waals surface area (Å²) in [4.78, 5) is 0. The highest BCUT2D eigenvalue weighted by molar-refractivity contribution is 6.20. The van der Waals surface area contributed by atoms with E-state index in [0.717, 1.165) is 23.7 Å². The fraction of sp³-hybridized carbons (Fsp3) is 0.905. The van der Waals surface area contributed by atoms with Gasteiger partial charge in [-0.3, -0.25) is 0 Å². The van der Waals surface area contributed by atoms with Crippen LogP contribution in [0.15, 0.2) is 12.7 Å². The molecular weight excluding hydrogens is 288 g/mol. The number of rotatable bonds is 3. The van der Waals surface area contributed by atoms with Gasteiger partial charge in [0.05, 0.1) is 0 Å². The van der Waals surface area contributed by atoms with E-state index in [1.54, 1.807) is 0 Å². The Kier molecular flexibility index (Phi) is 5.43. The minimum atomic E-state index is 0.288. The standard InChI is InChI=1S/C21H37Cl/c1-8-21(6,7)16-11-14(2)17(13-16)15-9-10-19(22)18(12-15)20(3,4)5/h8,14-19H,1,9-13H2,2-7H3. The van der Waals surface area contributed by atoms with E-state index in [0.29, 0.717) is 16.7 Å². The minimum Gasteiger partial charge on any atom is -0.123 e. The van der Waals surface area contributed by atoms with Crippen molar-refractivity contribution in [3.05, 3.63) is 12.7 Å². The lowest BCUT2D eigenvalue weighted by atomic mass is 9.64. The number of halogens is 1. The van der Waals surface area contributed by atoms with Crippen molar-refractivity contribution < 1.29 is 0 Å². The predicted molar refractivity (Wildman–Crippen MR) is 99.3 cm³/mol. The van der Waals surface area contributed by atoms with Crippen molar-refractivity contribution in [2.75, 3.05) is 0 Å². The molecule has 128 valence electrons. The quantitative estimate of drug-likeness (QED) is 0.390. The summed E-state index contributed by atoms with van der Waals surface area (Å²) in [6, 6.07) is 0. The molecule has 0 spiro atoms. The fourth-order valence-corrected chi connectivity index (χ4v) is 5.77. The topological polar surface area (TPSA) is 0 Å². The second-order valence-corrected chi connectivity index (χ2v) is 10.5. The van der Waals surface area contributed by atoms with Crippen molar-refractivity contribution in [1.29, 1.82) is 0 Å². The normalized spacial score (nSPS) is 40.7. The average molecular weight is 325 g/mol. The van der Waals surface area contributed by atoms with Crippen LogP contribution in [0.2, 0.25) is 0 Å². The van der Waals surface area contributed by atoms with Crippen LogP contribution in [0.3, 0.4) is 0 Å². The van der Waals surface area contributed by atoms with Crippen LogP contribution in [0.4, 0.5) is 0 Å². The molecule has 0 amide bonds. The third-order valence-corrected chi connectivity index (χ3v) is 7.57. The molecule has 6 unspecified atom stereocenters. The van der Waals surface area contributed by atoms with E-state index in [9.17, 15) is 0 Å². The Morgan fingerprint density at radius 3 is 2.18 bits per heavy atom. The third kappa shape index (κ3) is 3.74. The van der Waals surface area contributed by atoms with E-state index in [1.807, 2.05) is 0 Å². The number of hydrogen-bond donors (Lipinski definition) is 0. The second kappa shape index (κ2) is 6.50. The monoisotopic (exact) mass is 324 g/mol. The van der Waals surface area contributed by atoms with Gasteiger partial charge in [0.25, 0.3) is 0 Å². The van der Waals surface area contributed by atoms with Crippen LogP contribution in [-0.4, -0.2) is 5.38 Å². The van der Waals surface area contributed by atoms with Crippen LogP contribution in [0, 0.1) is 40.4 Å². The van der Waals surface area contributed by atoms with Gasteiger partial charge in [0, 0.05) is 5.38 Å². The molecule has 2 saturated carbocycles. The number of allylic oxidation sites excluding steroid dienone is 1. The lowest BCUT2D eigenvalue weighted by Gasteiger charge is -2.43. The summed E-state index contributed by atoms with van der Waals surface area (Å²) in [5.41, 5.74) is 0.628. The van der Waals surface area contributed by atoms with Crippen LogP contribution in [-0.2, 0) is 0 Å². The molecule has 0 aromatic heterocycles. The van der Waals surface area contributed by atoms with Gasteiger partial charge in [-0.05, 0) is 72.5 Å². The van der Waals surface area contributed by atoms with E-state index in [1.165, 1.54) is 32.1 Å². The van der Waals surface area contributed by atoms with Crippen molar-refractivity contribution in [3.63, 3.8) is 0 Å². The van der Waals surface area contributed by atoms with Gasteiger partial charge in [-0.25, -0.2) is 0 Å². The van der Waals surface area contributed by atoms with Gasteiger partial charge in [0.2, 0.25) is 0 Å². The first kappa shape index (κ1) is 18.4. The van der Waals surface area contributed by atoms with Crippen LogP contribution < -0.4 is 0 Å². The molecule has 0 radical (unpaired) electrons. The molecule has 0 N–H and O–H groups in total. The smallest absolute Gasteiger partial charge is 0.0369 e. The maximum atomic E-state index is 6.69. The van der Waals surface area contributed by atoms with Gasteiger partial charge < -0.3 is 0 Å². The molecule has 0 aliphatic heterocycles. The van der Waals surface area contributed by atoms with Crippen LogP contribution >= 0.6 is 11.6 Å². The van der Waals surface area contributed by atoms with Crippen LogP contribution in [0.5, 0.6) is 0 Å². The van der Waals surface area contributed by atoms with E-state index in [-0.39, 0.29) is 5.41 Å². The lowest BCUT2D eigenvalue weighted by Crippen LogP contribution is -2.37. The van der Waals surface area contributed by atoms with Crippen LogP contribution in [0.25, 0.3) is 0 Å². The molecule has 2 aliphatic carbocycles. The van der Waals surface area contributed by atoms with E-state index >= 15 is 0 Å². The van der Waals surface area contributed by atoms with Gasteiger partial charge in [-0.1, -0.05) is 47.6 Å². The molecule has 2 rings (SSSR count). The zero-order chi connectivity index (χ0) is 16.7. The molecule has 0 nitrogen and oxygen atoms in total. The summed E-state index contributed by atoms with van der Waals surface area (Å²) in [7, 11) is 0. The van der Waals surface area contributed by atoms with E-state index in [4.69, 9.17) is 11.6 Å². The molecule has 2 aliphatic rings. The zero-order valence-electron chi connectivity index (χ0n) is 15.7. The Bertz CT molecular complexity index is 389. The molecule has 1 heteroatoms. The van der Waals surface area contributed by atoms with Crippen molar-refractivity contribution >= 4 is 11.6 Å². The van der Waals surface area contributed by atoms with Gasteiger partial charge in [-0.15, -0.1) is 18.2 Å². The second-order valence-electron chi connectivity index (χ2n) is 9.90. The summed E-state index contributed by atoms with van der Waals surface area (Å²) in [5.74, 6) is 4.14. The Hall–Kier alpha value is 0.0300.